The number of pyridine rings is 1. The normalized spacial score (nSPS) is 17.5. The Morgan fingerprint density at radius 3 is 2.36 bits per heavy atom. The van der Waals surface area contributed by atoms with Crippen LogP contribution in [0.5, 0.6) is 5.75 Å². The summed E-state index contributed by atoms with van der Waals surface area (Å²) in [6.07, 6.45) is 1.96. The summed E-state index contributed by atoms with van der Waals surface area (Å²) in [7, 11) is 0. The first-order valence-electron chi connectivity index (χ1n) is 12.4. The van der Waals surface area contributed by atoms with Gasteiger partial charge in [0, 0.05) is 29.0 Å². The van der Waals surface area contributed by atoms with Crippen molar-refractivity contribution >= 4 is 23.0 Å². The molecule has 1 fully saturated rings. The minimum absolute atomic E-state index is 0.0611. The molecular formula is C30H32N4OS. The van der Waals surface area contributed by atoms with Gasteiger partial charge in [-0.3, -0.25) is 4.98 Å². The molecule has 6 heteroatoms. The second-order valence-corrected chi connectivity index (χ2v) is 10.0. The molecule has 2 aromatic heterocycles. The highest BCUT2D eigenvalue weighted by Gasteiger charge is 2.42. The van der Waals surface area contributed by atoms with Gasteiger partial charge in [-0.05, 0) is 113 Å². The second kappa shape index (κ2) is 9.78. The number of benzene rings is 2. The van der Waals surface area contributed by atoms with E-state index in [0.717, 1.165) is 17.1 Å². The van der Waals surface area contributed by atoms with E-state index in [-0.39, 0.29) is 18.2 Å². The number of rotatable bonds is 6. The highest BCUT2D eigenvalue weighted by Crippen LogP contribution is 2.44. The number of nitrogens with zero attached hydrogens (tertiary/aromatic N) is 3. The second-order valence-electron chi connectivity index (χ2n) is 9.66. The maximum absolute atomic E-state index is 5.92. The van der Waals surface area contributed by atoms with Crippen LogP contribution >= 0.6 is 12.2 Å². The van der Waals surface area contributed by atoms with Crippen LogP contribution in [0.15, 0.2) is 79.0 Å². The standard InChI is InChI=1S/C30H32N4OS/c1-19(2)35-25-14-12-23(13-15-25)34-29(28(32-30(34)36)27-11-6-7-16-31-27)26-18-21(4)33(22(26)5)24-10-8-9-20(3)17-24/h6-19,28-29H,1-5H3,(H,32,36)/t28-,29+/m0/s1. The summed E-state index contributed by atoms with van der Waals surface area (Å²) < 4.78 is 8.21. The van der Waals surface area contributed by atoms with Gasteiger partial charge in [-0.15, -0.1) is 0 Å². The van der Waals surface area contributed by atoms with Crippen LogP contribution in [-0.4, -0.2) is 20.8 Å². The fraction of sp³-hybridized carbons (Fsp3) is 0.267. The molecule has 5 nitrogen and oxygen atoms in total. The molecule has 0 aliphatic carbocycles. The van der Waals surface area contributed by atoms with Crippen molar-refractivity contribution in [3.8, 4) is 11.4 Å². The molecule has 0 saturated carbocycles. The summed E-state index contributed by atoms with van der Waals surface area (Å²) in [5.74, 6) is 0.849. The Balaban J connectivity index is 1.63. The van der Waals surface area contributed by atoms with Crippen LogP contribution in [-0.2, 0) is 0 Å². The molecule has 2 atom stereocenters. The van der Waals surface area contributed by atoms with Gasteiger partial charge in [0.15, 0.2) is 5.11 Å². The van der Waals surface area contributed by atoms with Gasteiger partial charge in [-0.25, -0.2) is 0 Å². The van der Waals surface area contributed by atoms with E-state index in [2.05, 4.69) is 84.1 Å². The molecule has 0 radical (unpaired) electrons. The first-order chi connectivity index (χ1) is 17.3. The van der Waals surface area contributed by atoms with Crippen molar-refractivity contribution in [2.75, 3.05) is 4.90 Å². The molecular weight excluding hydrogens is 464 g/mol. The quantitative estimate of drug-likeness (QED) is 0.299. The Labute approximate surface area is 218 Å². The van der Waals surface area contributed by atoms with Gasteiger partial charge in [0.1, 0.15) is 5.75 Å². The summed E-state index contributed by atoms with van der Waals surface area (Å²) in [6.45, 7) is 10.6. The van der Waals surface area contributed by atoms with E-state index in [9.17, 15) is 0 Å². The lowest BCUT2D eigenvalue weighted by atomic mass is 9.96. The summed E-state index contributed by atoms with van der Waals surface area (Å²) in [4.78, 5) is 6.92. The van der Waals surface area contributed by atoms with Crippen molar-refractivity contribution in [3.63, 3.8) is 0 Å². The fourth-order valence-electron chi connectivity index (χ4n) is 5.16. The van der Waals surface area contributed by atoms with Crippen LogP contribution in [0.25, 0.3) is 5.69 Å². The van der Waals surface area contributed by atoms with E-state index in [1.165, 1.54) is 28.2 Å². The zero-order valence-corrected chi connectivity index (χ0v) is 22.2. The van der Waals surface area contributed by atoms with Gasteiger partial charge in [0.25, 0.3) is 0 Å². The molecule has 184 valence electrons. The molecule has 36 heavy (non-hydrogen) atoms. The number of hydrogen-bond acceptors (Lipinski definition) is 3. The minimum atomic E-state index is -0.0863. The number of hydrogen-bond donors (Lipinski definition) is 1. The number of anilines is 1. The van der Waals surface area contributed by atoms with Crippen molar-refractivity contribution in [1.29, 1.82) is 0 Å². The number of ether oxygens (including phenoxy) is 1. The zero-order chi connectivity index (χ0) is 25.4. The first-order valence-corrected chi connectivity index (χ1v) is 12.8. The number of nitrogens with one attached hydrogen (secondary N) is 1. The predicted octanol–water partition coefficient (Wildman–Crippen LogP) is 6.76. The molecule has 2 aromatic carbocycles. The molecule has 0 spiro atoms. The van der Waals surface area contributed by atoms with E-state index in [0.29, 0.717) is 5.11 Å². The minimum Gasteiger partial charge on any atom is -0.491 e. The third-order valence-electron chi connectivity index (χ3n) is 6.63. The van der Waals surface area contributed by atoms with Crippen molar-refractivity contribution < 1.29 is 4.74 Å². The predicted molar refractivity (Wildman–Crippen MR) is 150 cm³/mol. The van der Waals surface area contributed by atoms with Gasteiger partial charge in [-0.2, -0.15) is 0 Å². The molecule has 3 heterocycles. The highest BCUT2D eigenvalue weighted by molar-refractivity contribution is 7.80. The SMILES string of the molecule is Cc1cccc(-n2c(C)cc([C@@H]3[C@H](c4ccccn4)NC(=S)N3c3ccc(OC(C)C)cc3)c2C)c1. The Morgan fingerprint density at radius 2 is 1.69 bits per heavy atom. The van der Waals surface area contributed by atoms with Gasteiger partial charge in [0.05, 0.1) is 23.9 Å². The van der Waals surface area contributed by atoms with Crippen LogP contribution in [0.4, 0.5) is 5.69 Å². The Bertz CT molecular complexity index is 1380. The lowest BCUT2D eigenvalue weighted by Gasteiger charge is -2.28. The zero-order valence-electron chi connectivity index (χ0n) is 21.4. The number of aromatic nitrogens is 2. The molecule has 1 saturated heterocycles. The maximum atomic E-state index is 5.92. The third kappa shape index (κ3) is 4.49. The molecule has 5 rings (SSSR count). The highest BCUT2D eigenvalue weighted by atomic mass is 32.1. The van der Waals surface area contributed by atoms with Crippen molar-refractivity contribution in [2.24, 2.45) is 0 Å². The summed E-state index contributed by atoms with van der Waals surface area (Å²) in [6, 6.07) is 25.0. The van der Waals surface area contributed by atoms with Crippen LogP contribution in [0.2, 0.25) is 0 Å². The smallest absolute Gasteiger partial charge is 0.174 e. The largest absolute Gasteiger partial charge is 0.491 e. The molecule has 1 N–H and O–H groups in total. The Kier molecular flexibility index (Phi) is 6.54. The van der Waals surface area contributed by atoms with E-state index in [4.69, 9.17) is 21.9 Å². The number of aryl methyl sites for hydroxylation is 2. The Hall–Kier alpha value is -3.64. The molecule has 1 aliphatic rings. The van der Waals surface area contributed by atoms with Crippen LogP contribution in [0, 0.1) is 20.8 Å². The van der Waals surface area contributed by atoms with Gasteiger partial charge >= 0.3 is 0 Å². The van der Waals surface area contributed by atoms with Gasteiger partial charge in [-0.1, -0.05) is 18.2 Å². The number of thiocarbonyl (C=S) groups is 1. The molecule has 0 bridgehead atoms. The van der Waals surface area contributed by atoms with E-state index in [1.807, 2.05) is 44.3 Å². The maximum Gasteiger partial charge on any atom is 0.174 e. The molecule has 4 aromatic rings. The third-order valence-corrected chi connectivity index (χ3v) is 6.95. The summed E-state index contributed by atoms with van der Waals surface area (Å²) >= 11 is 5.92. The van der Waals surface area contributed by atoms with Crippen molar-refractivity contribution in [2.45, 2.75) is 52.8 Å². The summed E-state index contributed by atoms with van der Waals surface area (Å²) in [5.41, 5.74) is 7.99. The van der Waals surface area contributed by atoms with Crippen molar-refractivity contribution in [3.05, 3.63) is 107 Å². The van der Waals surface area contributed by atoms with E-state index in [1.54, 1.807) is 0 Å². The fourth-order valence-corrected chi connectivity index (χ4v) is 5.50. The molecule has 0 amide bonds. The van der Waals surface area contributed by atoms with Crippen LogP contribution in [0.3, 0.4) is 0 Å². The Morgan fingerprint density at radius 1 is 0.917 bits per heavy atom. The lowest BCUT2D eigenvalue weighted by Crippen LogP contribution is -2.29. The van der Waals surface area contributed by atoms with Crippen LogP contribution in [0.1, 0.15) is 54.1 Å². The first kappa shape index (κ1) is 24.1. The average molecular weight is 497 g/mol. The molecule has 0 unspecified atom stereocenters. The van der Waals surface area contributed by atoms with E-state index >= 15 is 0 Å². The lowest BCUT2D eigenvalue weighted by molar-refractivity contribution is 0.242. The van der Waals surface area contributed by atoms with Gasteiger partial charge < -0.3 is 19.5 Å². The topological polar surface area (TPSA) is 42.3 Å². The molecule has 1 aliphatic heterocycles. The van der Waals surface area contributed by atoms with Crippen molar-refractivity contribution in [1.82, 2.24) is 14.9 Å². The van der Waals surface area contributed by atoms with Gasteiger partial charge in [0.2, 0.25) is 0 Å². The monoisotopic (exact) mass is 496 g/mol. The summed E-state index contributed by atoms with van der Waals surface area (Å²) in [5, 5.41) is 4.26. The average Bonchev–Trinajstić information content (AvgIpc) is 3.35. The van der Waals surface area contributed by atoms with E-state index < -0.39 is 0 Å². The van der Waals surface area contributed by atoms with Crippen LogP contribution < -0.4 is 15.0 Å².